The molecule has 0 bridgehead atoms. The molecule has 1 rings (SSSR count). The molecule has 0 aliphatic carbocycles. The first kappa shape index (κ1) is 17.2. The van der Waals surface area contributed by atoms with E-state index in [0.717, 1.165) is 18.5 Å². The molecule has 0 radical (unpaired) electrons. The van der Waals surface area contributed by atoms with Crippen molar-refractivity contribution in [2.24, 2.45) is 0 Å². The van der Waals surface area contributed by atoms with Crippen LogP contribution in [-0.4, -0.2) is 17.7 Å². The molecule has 0 aliphatic heterocycles. The lowest BCUT2D eigenvalue weighted by atomic mass is 9.95. The lowest BCUT2D eigenvalue weighted by Crippen LogP contribution is -2.35. The molecule has 0 fully saturated rings. The van der Waals surface area contributed by atoms with E-state index in [1.165, 1.54) is 36.8 Å². The Morgan fingerprint density at radius 1 is 1.10 bits per heavy atom. The van der Waals surface area contributed by atoms with Crippen LogP contribution in [0.25, 0.3) is 0 Å². The fourth-order valence-corrected chi connectivity index (χ4v) is 2.69. The van der Waals surface area contributed by atoms with Gasteiger partial charge >= 0.3 is 0 Å². The highest BCUT2D eigenvalue weighted by Crippen LogP contribution is 2.23. The van der Waals surface area contributed by atoms with Crippen LogP contribution in [0.5, 0.6) is 0 Å². The van der Waals surface area contributed by atoms with Crippen molar-refractivity contribution in [1.82, 2.24) is 5.32 Å². The molecule has 0 amide bonds. The fraction of sp³-hybridized carbons (Fsp3) is 0.667. The van der Waals surface area contributed by atoms with Gasteiger partial charge in [0.25, 0.3) is 0 Å². The van der Waals surface area contributed by atoms with Crippen molar-refractivity contribution >= 4 is 0 Å². The Labute approximate surface area is 124 Å². The molecule has 2 heteroatoms. The quantitative estimate of drug-likeness (QED) is 0.660. The third kappa shape index (κ3) is 5.26. The molecule has 0 heterocycles. The summed E-state index contributed by atoms with van der Waals surface area (Å²) in [5, 5.41) is 14.1. The minimum atomic E-state index is -0.410. The molecule has 0 spiro atoms. The molecule has 2 unspecified atom stereocenters. The topological polar surface area (TPSA) is 32.3 Å². The molecule has 2 N–H and O–H groups in total. The van der Waals surface area contributed by atoms with Crippen LogP contribution in [-0.2, 0) is 0 Å². The van der Waals surface area contributed by atoms with Crippen LogP contribution in [0.2, 0.25) is 0 Å². The van der Waals surface area contributed by atoms with Crippen molar-refractivity contribution in [1.29, 1.82) is 0 Å². The van der Waals surface area contributed by atoms with Gasteiger partial charge in [0.05, 0.1) is 6.10 Å². The summed E-state index contributed by atoms with van der Waals surface area (Å²) in [7, 11) is 0. The van der Waals surface area contributed by atoms with Crippen LogP contribution in [0.15, 0.2) is 18.2 Å². The van der Waals surface area contributed by atoms with Crippen molar-refractivity contribution in [3.63, 3.8) is 0 Å². The van der Waals surface area contributed by atoms with Gasteiger partial charge in [0.2, 0.25) is 0 Å². The number of hydrogen-bond acceptors (Lipinski definition) is 2. The second kappa shape index (κ2) is 9.15. The summed E-state index contributed by atoms with van der Waals surface area (Å²) in [5.74, 6) is 0. The standard InChI is InChI=1S/C18H31NO/c1-5-7-8-9-12-19-17(6-2)18(20)16-11-10-14(3)13-15(16)4/h10-11,13,17-20H,5-9,12H2,1-4H3. The first-order valence-electron chi connectivity index (χ1n) is 8.08. The van der Waals surface area contributed by atoms with Crippen molar-refractivity contribution in [2.75, 3.05) is 6.54 Å². The number of aryl methyl sites for hydroxylation is 2. The summed E-state index contributed by atoms with van der Waals surface area (Å²) in [6, 6.07) is 6.45. The molecule has 20 heavy (non-hydrogen) atoms. The third-order valence-electron chi connectivity index (χ3n) is 4.00. The van der Waals surface area contributed by atoms with E-state index in [4.69, 9.17) is 0 Å². The highest BCUT2D eigenvalue weighted by molar-refractivity contribution is 5.32. The van der Waals surface area contributed by atoms with E-state index < -0.39 is 6.10 Å². The summed E-state index contributed by atoms with van der Waals surface area (Å²) < 4.78 is 0. The Morgan fingerprint density at radius 3 is 2.45 bits per heavy atom. The third-order valence-corrected chi connectivity index (χ3v) is 4.00. The van der Waals surface area contributed by atoms with Gasteiger partial charge in [0.1, 0.15) is 0 Å². The Hall–Kier alpha value is -0.860. The molecule has 0 saturated heterocycles. The minimum Gasteiger partial charge on any atom is -0.387 e. The number of aliphatic hydroxyl groups is 1. The Morgan fingerprint density at radius 2 is 1.85 bits per heavy atom. The largest absolute Gasteiger partial charge is 0.387 e. The van der Waals surface area contributed by atoms with Gasteiger partial charge in [0.15, 0.2) is 0 Å². The summed E-state index contributed by atoms with van der Waals surface area (Å²) >= 11 is 0. The van der Waals surface area contributed by atoms with Gasteiger partial charge in [0, 0.05) is 6.04 Å². The van der Waals surface area contributed by atoms with Gasteiger partial charge in [-0.25, -0.2) is 0 Å². The van der Waals surface area contributed by atoms with Gasteiger partial charge in [-0.2, -0.15) is 0 Å². The molecule has 0 aliphatic rings. The maximum atomic E-state index is 10.6. The maximum Gasteiger partial charge on any atom is 0.0945 e. The van der Waals surface area contributed by atoms with Crippen LogP contribution < -0.4 is 5.32 Å². The molecule has 2 nitrogen and oxygen atoms in total. The summed E-state index contributed by atoms with van der Waals surface area (Å²) in [5.41, 5.74) is 3.49. The second-order valence-electron chi connectivity index (χ2n) is 5.83. The number of nitrogens with one attached hydrogen (secondary N) is 1. The van der Waals surface area contributed by atoms with Gasteiger partial charge in [-0.3, -0.25) is 0 Å². The van der Waals surface area contributed by atoms with Crippen molar-refractivity contribution < 1.29 is 5.11 Å². The zero-order valence-electron chi connectivity index (χ0n) is 13.6. The average molecular weight is 277 g/mol. The van der Waals surface area contributed by atoms with Crippen molar-refractivity contribution in [2.45, 2.75) is 71.9 Å². The van der Waals surface area contributed by atoms with Crippen molar-refractivity contribution in [3.05, 3.63) is 34.9 Å². The van der Waals surface area contributed by atoms with Gasteiger partial charge < -0.3 is 10.4 Å². The average Bonchev–Trinajstić information content (AvgIpc) is 2.42. The van der Waals surface area contributed by atoms with Crippen LogP contribution >= 0.6 is 0 Å². The van der Waals surface area contributed by atoms with E-state index in [-0.39, 0.29) is 6.04 Å². The van der Waals surface area contributed by atoms with Gasteiger partial charge in [-0.05, 0) is 44.4 Å². The number of rotatable bonds is 9. The zero-order chi connectivity index (χ0) is 15.0. The number of benzene rings is 1. The molecule has 2 atom stereocenters. The smallest absolute Gasteiger partial charge is 0.0945 e. The first-order chi connectivity index (χ1) is 9.60. The van der Waals surface area contributed by atoms with E-state index in [0.29, 0.717) is 0 Å². The molecule has 0 saturated carbocycles. The van der Waals surface area contributed by atoms with E-state index >= 15 is 0 Å². The van der Waals surface area contributed by atoms with Crippen LogP contribution in [0, 0.1) is 13.8 Å². The fourth-order valence-electron chi connectivity index (χ4n) is 2.69. The molecule has 114 valence electrons. The lowest BCUT2D eigenvalue weighted by molar-refractivity contribution is 0.125. The molecular formula is C18H31NO. The first-order valence-corrected chi connectivity index (χ1v) is 8.08. The molecule has 1 aromatic rings. The maximum absolute atomic E-state index is 10.6. The van der Waals surface area contributed by atoms with Gasteiger partial charge in [-0.1, -0.05) is 56.9 Å². The minimum absolute atomic E-state index is 0.151. The second-order valence-corrected chi connectivity index (χ2v) is 5.83. The van der Waals surface area contributed by atoms with Gasteiger partial charge in [-0.15, -0.1) is 0 Å². The summed E-state index contributed by atoms with van der Waals surface area (Å²) in [6.07, 6.45) is 5.58. The molecule has 1 aromatic carbocycles. The SMILES string of the molecule is CCCCCCNC(CC)C(O)c1ccc(C)cc1C. The lowest BCUT2D eigenvalue weighted by Gasteiger charge is -2.25. The highest BCUT2D eigenvalue weighted by Gasteiger charge is 2.19. The Bertz CT molecular complexity index is 389. The van der Waals surface area contributed by atoms with E-state index in [9.17, 15) is 5.11 Å². The number of hydrogen-bond donors (Lipinski definition) is 2. The predicted octanol–water partition coefficient (Wildman–Crippen LogP) is 4.29. The van der Waals surface area contributed by atoms with Crippen molar-refractivity contribution in [3.8, 4) is 0 Å². The van der Waals surface area contributed by atoms with Crippen LogP contribution in [0.3, 0.4) is 0 Å². The van der Waals surface area contributed by atoms with Crippen LogP contribution in [0.4, 0.5) is 0 Å². The summed E-state index contributed by atoms with van der Waals surface area (Å²) in [4.78, 5) is 0. The summed E-state index contributed by atoms with van der Waals surface area (Å²) in [6.45, 7) is 9.54. The highest BCUT2D eigenvalue weighted by atomic mass is 16.3. The Balaban J connectivity index is 2.55. The molecule has 0 aromatic heterocycles. The number of aliphatic hydroxyl groups excluding tert-OH is 1. The predicted molar refractivity (Wildman–Crippen MR) is 87.1 cm³/mol. The number of unbranched alkanes of at least 4 members (excludes halogenated alkanes) is 3. The zero-order valence-corrected chi connectivity index (χ0v) is 13.6. The van der Waals surface area contributed by atoms with E-state index in [1.807, 2.05) is 0 Å². The van der Waals surface area contributed by atoms with E-state index in [2.05, 4.69) is 51.2 Å². The Kier molecular flexibility index (Phi) is 7.86. The van der Waals surface area contributed by atoms with Crippen LogP contribution in [0.1, 0.15) is 68.7 Å². The van der Waals surface area contributed by atoms with E-state index in [1.54, 1.807) is 0 Å². The monoisotopic (exact) mass is 277 g/mol. The molecular weight excluding hydrogens is 246 g/mol. The normalized spacial score (nSPS) is 14.2.